The Hall–Kier alpha value is -1.93. The van der Waals surface area contributed by atoms with E-state index in [1.807, 2.05) is 13.8 Å². The molecule has 19 heavy (non-hydrogen) atoms. The van der Waals surface area contributed by atoms with Crippen molar-refractivity contribution in [1.82, 2.24) is 19.9 Å². The average molecular weight is 265 g/mol. The van der Waals surface area contributed by atoms with E-state index in [2.05, 4.69) is 19.9 Å². The predicted molar refractivity (Wildman–Crippen MR) is 66.5 cm³/mol. The topological polar surface area (TPSA) is 108 Å². The van der Waals surface area contributed by atoms with E-state index in [0.717, 1.165) is 0 Å². The van der Waals surface area contributed by atoms with Gasteiger partial charge < -0.3 is 24.9 Å². The van der Waals surface area contributed by atoms with Gasteiger partial charge in [-0.25, -0.2) is 4.98 Å². The average Bonchev–Trinajstić information content (AvgIpc) is 2.92. The molecule has 2 aromatic heterocycles. The Labute approximate surface area is 109 Å². The van der Waals surface area contributed by atoms with Crippen LogP contribution in [-0.4, -0.2) is 45.0 Å². The largest absolute Gasteiger partial charge is 0.473 e. The molecule has 0 spiro atoms. The summed E-state index contributed by atoms with van der Waals surface area (Å²) in [5, 5.41) is 0. The van der Waals surface area contributed by atoms with Crippen LogP contribution < -0.4 is 10.5 Å². The molecule has 3 N–H and O–H groups in total. The Kier molecular flexibility index (Phi) is 2.76. The van der Waals surface area contributed by atoms with E-state index >= 15 is 0 Å². The van der Waals surface area contributed by atoms with Crippen LogP contribution in [0, 0.1) is 0 Å². The number of H-pyrrole nitrogens is 1. The molecule has 1 atom stereocenters. The highest BCUT2D eigenvalue weighted by Crippen LogP contribution is 2.24. The minimum absolute atomic E-state index is 0.124. The quantitative estimate of drug-likeness (QED) is 0.830. The maximum Gasteiger partial charge on any atom is 0.245 e. The summed E-state index contributed by atoms with van der Waals surface area (Å²) in [4.78, 5) is 15.0. The summed E-state index contributed by atoms with van der Waals surface area (Å²) in [5.41, 5.74) is 6.69. The first-order chi connectivity index (χ1) is 9.03. The van der Waals surface area contributed by atoms with Crippen LogP contribution in [0.15, 0.2) is 6.33 Å². The van der Waals surface area contributed by atoms with Gasteiger partial charge >= 0.3 is 0 Å². The number of nitrogens with two attached hydrogens (primary N) is 1. The van der Waals surface area contributed by atoms with E-state index in [1.165, 1.54) is 6.33 Å². The van der Waals surface area contributed by atoms with Crippen molar-refractivity contribution < 1.29 is 14.2 Å². The summed E-state index contributed by atoms with van der Waals surface area (Å²) < 4.78 is 16.7. The van der Waals surface area contributed by atoms with Crippen molar-refractivity contribution in [3.8, 4) is 5.88 Å². The number of aromatic amines is 1. The van der Waals surface area contributed by atoms with Gasteiger partial charge in [-0.05, 0) is 13.8 Å². The molecule has 1 aliphatic heterocycles. The number of nitrogen functional groups attached to an aromatic ring is 1. The minimum Gasteiger partial charge on any atom is -0.473 e. The summed E-state index contributed by atoms with van der Waals surface area (Å²) in [6, 6.07) is 0. The van der Waals surface area contributed by atoms with E-state index < -0.39 is 5.79 Å². The Balaban J connectivity index is 1.73. The Morgan fingerprint density at radius 1 is 1.53 bits per heavy atom. The first-order valence-electron chi connectivity index (χ1n) is 5.95. The second-order valence-electron chi connectivity index (χ2n) is 4.75. The van der Waals surface area contributed by atoms with Gasteiger partial charge in [0.15, 0.2) is 11.4 Å². The van der Waals surface area contributed by atoms with Crippen LogP contribution in [0.3, 0.4) is 0 Å². The molecule has 1 fully saturated rings. The molecule has 0 unspecified atom stereocenters. The fraction of sp³-hybridized carbons (Fsp3) is 0.545. The Morgan fingerprint density at radius 2 is 2.37 bits per heavy atom. The normalized spacial score (nSPS) is 21.9. The van der Waals surface area contributed by atoms with Crippen LogP contribution in [0.2, 0.25) is 0 Å². The van der Waals surface area contributed by atoms with Crippen LogP contribution in [0.1, 0.15) is 13.8 Å². The number of nitrogens with one attached hydrogen (secondary N) is 1. The van der Waals surface area contributed by atoms with Gasteiger partial charge in [0.1, 0.15) is 18.2 Å². The van der Waals surface area contributed by atoms with E-state index in [-0.39, 0.29) is 12.1 Å². The third kappa shape index (κ3) is 2.45. The number of fused-ring (bicyclic) bond motifs is 1. The molecule has 102 valence electrons. The number of ether oxygens (including phenoxy) is 3. The van der Waals surface area contributed by atoms with E-state index in [4.69, 9.17) is 19.9 Å². The van der Waals surface area contributed by atoms with Crippen molar-refractivity contribution in [3.63, 3.8) is 0 Å². The maximum atomic E-state index is 5.65. The first-order valence-corrected chi connectivity index (χ1v) is 5.95. The number of imidazole rings is 1. The molecule has 1 aliphatic rings. The number of hydrogen-bond acceptors (Lipinski definition) is 7. The van der Waals surface area contributed by atoms with Crippen molar-refractivity contribution in [2.24, 2.45) is 0 Å². The highest BCUT2D eigenvalue weighted by atomic mass is 16.7. The lowest BCUT2D eigenvalue weighted by Gasteiger charge is -2.17. The number of rotatable bonds is 3. The summed E-state index contributed by atoms with van der Waals surface area (Å²) in [6.45, 7) is 4.54. The zero-order valence-electron chi connectivity index (χ0n) is 10.7. The fourth-order valence-electron chi connectivity index (χ4n) is 1.94. The van der Waals surface area contributed by atoms with E-state index in [9.17, 15) is 0 Å². The lowest BCUT2D eigenvalue weighted by atomic mass is 10.4. The van der Waals surface area contributed by atoms with Crippen molar-refractivity contribution >= 4 is 17.1 Å². The highest BCUT2D eigenvalue weighted by molar-refractivity contribution is 5.76. The molecule has 3 heterocycles. The van der Waals surface area contributed by atoms with Crippen molar-refractivity contribution in [1.29, 1.82) is 0 Å². The summed E-state index contributed by atoms with van der Waals surface area (Å²) in [7, 11) is 0. The molecule has 1 saturated heterocycles. The van der Waals surface area contributed by atoms with Crippen molar-refractivity contribution in [2.75, 3.05) is 18.9 Å². The summed E-state index contributed by atoms with van der Waals surface area (Å²) in [5.74, 6) is -0.0750. The number of aromatic nitrogens is 4. The molecule has 8 heteroatoms. The summed E-state index contributed by atoms with van der Waals surface area (Å²) >= 11 is 0. The molecule has 0 aliphatic carbocycles. The van der Waals surface area contributed by atoms with Crippen LogP contribution in [-0.2, 0) is 9.47 Å². The third-order valence-electron chi connectivity index (χ3n) is 2.74. The molecular weight excluding hydrogens is 250 g/mol. The lowest BCUT2D eigenvalue weighted by molar-refractivity contribution is -0.141. The third-order valence-corrected chi connectivity index (χ3v) is 2.74. The fourth-order valence-corrected chi connectivity index (χ4v) is 1.94. The first kappa shape index (κ1) is 12.1. The smallest absolute Gasteiger partial charge is 0.245 e. The molecule has 0 aromatic carbocycles. The van der Waals surface area contributed by atoms with Gasteiger partial charge in [0, 0.05) is 0 Å². The van der Waals surface area contributed by atoms with Gasteiger partial charge in [-0.15, -0.1) is 0 Å². The second kappa shape index (κ2) is 4.32. The molecule has 0 radical (unpaired) electrons. The van der Waals surface area contributed by atoms with Crippen LogP contribution in [0.4, 0.5) is 5.95 Å². The minimum atomic E-state index is -0.567. The van der Waals surface area contributed by atoms with Crippen molar-refractivity contribution in [2.45, 2.75) is 25.7 Å². The number of anilines is 1. The maximum absolute atomic E-state index is 5.65. The predicted octanol–water partition coefficient (Wildman–Crippen LogP) is 0.465. The Bertz CT molecular complexity index is 597. The van der Waals surface area contributed by atoms with E-state index in [1.54, 1.807) is 0 Å². The van der Waals surface area contributed by atoms with Crippen molar-refractivity contribution in [3.05, 3.63) is 6.33 Å². The molecular formula is C11H15N5O3. The Morgan fingerprint density at radius 3 is 3.11 bits per heavy atom. The summed E-state index contributed by atoms with van der Waals surface area (Å²) in [6.07, 6.45) is 1.38. The van der Waals surface area contributed by atoms with Gasteiger partial charge in [0.25, 0.3) is 0 Å². The molecule has 0 saturated carbocycles. The monoisotopic (exact) mass is 265 g/mol. The van der Waals surface area contributed by atoms with Gasteiger partial charge in [-0.1, -0.05) is 0 Å². The number of hydrogen-bond donors (Lipinski definition) is 2. The van der Waals surface area contributed by atoms with Gasteiger partial charge in [0.2, 0.25) is 11.8 Å². The zero-order chi connectivity index (χ0) is 13.5. The SMILES string of the molecule is CC1(C)OC[C@@H](COc2nc(N)nc3nc[nH]c23)O1. The molecule has 0 amide bonds. The van der Waals surface area contributed by atoms with E-state index in [0.29, 0.717) is 30.3 Å². The van der Waals surface area contributed by atoms with Crippen LogP contribution in [0.5, 0.6) is 5.88 Å². The van der Waals surface area contributed by atoms with Gasteiger partial charge in [-0.2, -0.15) is 9.97 Å². The molecule has 2 aromatic rings. The van der Waals surface area contributed by atoms with Crippen LogP contribution in [0.25, 0.3) is 11.2 Å². The molecule has 8 nitrogen and oxygen atoms in total. The standard InChI is InChI=1S/C11H15N5O3/c1-11(2)18-4-6(19-11)3-17-9-7-8(14-5-13-7)15-10(12)16-9/h5-6H,3-4H2,1-2H3,(H3,12,13,14,15,16)/t6-/m1/s1. The van der Waals surface area contributed by atoms with Crippen LogP contribution >= 0.6 is 0 Å². The lowest BCUT2D eigenvalue weighted by Crippen LogP contribution is -2.25. The zero-order valence-corrected chi connectivity index (χ0v) is 10.7. The van der Waals surface area contributed by atoms with Gasteiger partial charge in [-0.3, -0.25) is 0 Å². The highest BCUT2D eigenvalue weighted by Gasteiger charge is 2.33. The number of nitrogens with zero attached hydrogens (tertiary/aromatic N) is 3. The molecule has 3 rings (SSSR count). The molecule has 0 bridgehead atoms. The van der Waals surface area contributed by atoms with Gasteiger partial charge in [0.05, 0.1) is 12.9 Å². The second-order valence-corrected chi connectivity index (χ2v) is 4.75.